The van der Waals surface area contributed by atoms with E-state index in [-0.39, 0.29) is 24.5 Å². The van der Waals surface area contributed by atoms with Gasteiger partial charge in [0, 0.05) is 39.2 Å². The molecule has 0 saturated heterocycles. The maximum atomic E-state index is 13.8. The zero-order valence-electron chi connectivity index (χ0n) is 20.9. The summed E-state index contributed by atoms with van der Waals surface area (Å²) in [5.74, 6) is 0.497. The third-order valence-electron chi connectivity index (χ3n) is 4.73. The van der Waals surface area contributed by atoms with Gasteiger partial charge >= 0.3 is 7.12 Å². The Morgan fingerprint density at radius 2 is 1.26 bits per heavy atom. The van der Waals surface area contributed by atoms with E-state index in [1.54, 1.807) is 54.6 Å². The van der Waals surface area contributed by atoms with E-state index in [0.717, 1.165) is 8.95 Å². The molecule has 0 aromatic heterocycles. The highest BCUT2D eigenvalue weighted by Gasteiger charge is 2.16. The number of methoxy groups -OCH3 is 2. The molecule has 0 saturated carbocycles. The van der Waals surface area contributed by atoms with Gasteiger partial charge in [-0.05, 0) is 95.4 Å². The summed E-state index contributed by atoms with van der Waals surface area (Å²) >= 11 is 20.0. The quantitative estimate of drug-likeness (QED) is 0.0939. The second-order valence-electron chi connectivity index (χ2n) is 7.29. The van der Waals surface area contributed by atoms with Crippen LogP contribution in [0.4, 0.5) is 8.78 Å². The minimum absolute atomic E-state index is 0. The Balaban J connectivity index is 0.000000305. The molecule has 39 heavy (non-hydrogen) atoms. The standard InChI is InChI=1S/C13H9BrClFO.C7H8BClO3.C6H3BrFI.CH3/c1-17-13-7-9(15)3-4-10(13)11-6-8(14)2-5-12(11)16;1-12-7-3-2-5(9)4-6(7)8(10)11;7-4-1-2-5(8)6(9)3-4;/h2-7H,1H3;2-4,10-11H,1H3;1-3H;1H3/q;;;-1. The van der Waals surface area contributed by atoms with Crippen LogP contribution in [-0.2, 0) is 0 Å². The highest BCUT2D eigenvalue weighted by molar-refractivity contribution is 14.1. The van der Waals surface area contributed by atoms with Crippen LogP contribution in [0, 0.1) is 22.6 Å². The van der Waals surface area contributed by atoms with E-state index < -0.39 is 7.12 Å². The molecule has 0 bridgehead atoms. The van der Waals surface area contributed by atoms with Gasteiger partial charge in [-0.3, -0.25) is 0 Å². The Bertz CT molecular complexity index is 1380. The van der Waals surface area contributed by atoms with E-state index in [1.165, 1.54) is 32.4 Å². The lowest BCUT2D eigenvalue weighted by Gasteiger charge is -2.10. The zero-order chi connectivity index (χ0) is 28.4. The van der Waals surface area contributed by atoms with Gasteiger partial charge < -0.3 is 26.9 Å². The molecule has 0 unspecified atom stereocenters. The molecule has 0 atom stereocenters. The van der Waals surface area contributed by atoms with Crippen molar-refractivity contribution in [3.63, 3.8) is 0 Å². The summed E-state index contributed by atoms with van der Waals surface area (Å²) in [5, 5.41) is 18.8. The van der Waals surface area contributed by atoms with Gasteiger partial charge in [-0.15, -0.1) is 0 Å². The highest BCUT2D eigenvalue weighted by Crippen LogP contribution is 2.35. The molecule has 4 nitrogen and oxygen atoms in total. The molecular formula is C27H23BBr2Cl2F2IO4-. The third-order valence-corrected chi connectivity index (χ3v) is 7.02. The van der Waals surface area contributed by atoms with Crippen LogP contribution >= 0.6 is 77.7 Å². The van der Waals surface area contributed by atoms with E-state index >= 15 is 0 Å². The van der Waals surface area contributed by atoms with Crippen LogP contribution < -0.4 is 14.9 Å². The smallest absolute Gasteiger partial charge is 0.492 e. The largest absolute Gasteiger partial charge is 0.497 e. The van der Waals surface area contributed by atoms with E-state index in [2.05, 4.69) is 31.9 Å². The third kappa shape index (κ3) is 11.2. The van der Waals surface area contributed by atoms with E-state index in [1.807, 2.05) is 22.6 Å². The second kappa shape index (κ2) is 17.4. The first-order chi connectivity index (χ1) is 18.0. The summed E-state index contributed by atoms with van der Waals surface area (Å²) in [6.45, 7) is 0. The number of hydrogen-bond acceptors (Lipinski definition) is 4. The Kier molecular flexibility index (Phi) is 15.9. The molecule has 4 rings (SSSR count). The predicted molar refractivity (Wildman–Crippen MR) is 172 cm³/mol. The number of halogens is 7. The fraction of sp³-hybridized carbons (Fsp3) is 0.0741. The van der Waals surface area contributed by atoms with Crippen LogP contribution in [0.1, 0.15) is 0 Å². The monoisotopic (exact) mass is 815 g/mol. The van der Waals surface area contributed by atoms with Gasteiger partial charge in [-0.2, -0.15) is 0 Å². The molecule has 0 amide bonds. The zero-order valence-corrected chi connectivity index (χ0v) is 27.7. The van der Waals surface area contributed by atoms with Gasteiger partial charge in [0.1, 0.15) is 23.1 Å². The summed E-state index contributed by atoms with van der Waals surface area (Å²) in [4.78, 5) is 0. The van der Waals surface area contributed by atoms with Crippen molar-refractivity contribution in [1.82, 2.24) is 0 Å². The lowest BCUT2D eigenvalue weighted by atomic mass is 9.79. The van der Waals surface area contributed by atoms with Crippen LogP contribution in [-0.4, -0.2) is 31.4 Å². The van der Waals surface area contributed by atoms with Gasteiger partial charge in [0.2, 0.25) is 0 Å². The summed E-state index contributed by atoms with van der Waals surface area (Å²) in [6.07, 6.45) is 0. The van der Waals surface area contributed by atoms with E-state index in [9.17, 15) is 8.78 Å². The maximum Gasteiger partial charge on any atom is 0.492 e. The van der Waals surface area contributed by atoms with Crippen molar-refractivity contribution in [2.24, 2.45) is 0 Å². The first-order valence-corrected chi connectivity index (χ1v) is 14.0. The van der Waals surface area contributed by atoms with Crippen molar-refractivity contribution in [1.29, 1.82) is 0 Å². The fourth-order valence-corrected chi connectivity index (χ4v) is 4.98. The molecule has 0 spiro atoms. The van der Waals surface area contributed by atoms with Crippen molar-refractivity contribution in [2.45, 2.75) is 0 Å². The van der Waals surface area contributed by atoms with Crippen LogP contribution in [0.15, 0.2) is 81.7 Å². The fourth-order valence-electron chi connectivity index (χ4n) is 2.97. The summed E-state index contributed by atoms with van der Waals surface area (Å²) < 4.78 is 38.7. The molecule has 4 aromatic carbocycles. The lowest BCUT2D eigenvalue weighted by molar-refractivity contribution is 0.403. The molecule has 0 aliphatic heterocycles. The maximum absolute atomic E-state index is 13.8. The molecule has 208 valence electrons. The molecule has 0 fully saturated rings. The summed E-state index contributed by atoms with van der Waals surface area (Å²) in [6, 6.07) is 19.4. The van der Waals surface area contributed by atoms with Crippen LogP contribution in [0.25, 0.3) is 11.1 Å². The van der Waals surface area contributed by atoms with Crippen LogP contribution in [0.3, 0.4) is 0 Å². The molecule has 12 heteroatoms. The summed E-state index contributed by atoms with van der Waals surface area (Å²) in [5.41, 5.74) is 1.42. The van der Waals surface area contributed by atoms with Crippen molar-refractivity contribution in [3.8, 4) is 22.6 Å². The second-order valence-corrected chi connectivity index (χ2v) is 11.2. The first kappa shape index (κ1) is 35.6. The summed E-state index contributed by atoms with van der Waals surface area (Å²) in [7, 11) is 1.43. The van der Waals surface area contributed by atoms with Gasteiger partial charge in [-0.1, -0.05) is 55.1 Å². The molecule has 0 aliphatic carbocycles. The van der Waals surface area contributed by atoms with Crippen LogP contribution in [0.2, 0.25) is 10.0 Å². The number of hydrogen-bond donors (Lipinski definition) is 2. The van der Waals surface area contributed by atoms with Crippen molar-refractivity contribution < 1.29 is 28.3 Å². The SMILES string of the molecule is COc1cc(Cl)ccc1-c1cc(Br)ccc1F.COc1ccc(Cl)cc1B(O)O.Fc1ccc(Br)cc1I.[CH3-]. The normalized spacial score (nSPS) is 9.72. The molecule has 0 heterocycles. The molecular weight excluding hydrogens is 795 g/mol. The highest BCUT2D eigenvalue weighted by atomic mass is 127. The Labute approximate surface area is 267 Å². The van der Waals surface area contributed by atoms with Gasteiger partial charge in [0.25, 0.3) is 0 Å². The Morgan fingerprint density at radius 1 is 0.718 bits per heavy atom. The number of benzene rings is 4. The Morgan fingerprint density at radius 3 is 1.79 bits per heavy atom. The van der Waals surface area contributed by atoms with Crippen molar-refractivity contribution in [2.75, 3.05) is 14.2 Å². The van der Waals surface area contributed by atoms with Crippen molar-refractivity contribution in [3.05, 3.63) is 114 Å². The lowest BCUT2D eigenvalue weighted by Crippen LogP contribution is -2.31. The minimum atomic E-state index is -1.56. The van der Waals surface area contributed by atoms with Gasteiger partial charge in [-0.25, -0.2) is 8.78 Å². The minimum Gasteiger partial charge on any atom is -0.497 e. The predicted octanol–water partition coefficient (Wildman–Crippen LogP) is 8.59. The molecule has 2 N–H and O–H groups in total. The molecule has 0 aliphatic rings. The van der Waals surface area contributed by atoms with Crippen molar-refractivity contribution >= 4 is 90.2 Å². The molecule has 0 radical (unpaired) electrons. The van der Waals surface area contributed by atoms with Gasteiger partial charge in [0.05, 0.1) is 14.2 Å². The van der Waals surface area contributed by atoms with Gasteiger partial charge in [0.15, 0.2) is 0 Å². The average molecular weight is 818 g/mol. The first-order valence-electron chi connectivity index (χ1n) is 10.6. The Hall–Kier alpha value is -1.41. The van der Waals surface area contributed by atoms with E-state index in [0.29, 0.717) is 36.2 Å². The molecule has 4 aromatic rings. The number of rotatable bonds is 4. The average Bonchev–Trinajstić information content (AvgIpc) is 2.88. The van der Waals surface area contributed by atoms with Crippen LogP contribution in [0.5, 0.6) is 11.5 Å². The number of ether oxygens (including phenoxy) is 2. The topological polar surface area (TPSA) is 58.9 Å². The van der Waals surface area contributed by atoms with E-state index in [4.69, 9.17) is 42.7 Å².